The van der Waals surface area contributed by atoms with Crippen LogP contribution in [0.3, 0.4) is 0 Å². The predicted octanol–water partition coefficient (Wildman–Crippen LogP) is 12.3. The maximum atomic E-state index is 11.7. The minimum Gasteiger partial charge on any atom is -0.414 e. The average Bonchev–Trinajstić information content (AvgIpc) is 4.05. The first-order valence-corrected chi connectivity index (χ1v) is 30.6. The highest BCUT2D eigenvalue weighted by Gasteiger charge is 2.47. The van der Waals surface area contributed by atoms with Crippen LogP contribution in [0.15, 0.2) is 43.2 Å². The molecule has 0 saturated carbocycles. The van der Waals surface area contributed by atoms with Gasteiger partial charge in [-0.15, -0.1) is 11.6 Å². The molecule has 0 radical (unpaired) electrons. The number of aliphatic hydroxyl groups excluding tert-OH is 1. The molecular weight excluding hydrogens is 999 g/mol. The Morgan fingerprint density at radius 1 is 0.814 bits per heavy atom. The van der Waals surface area contributed by atoms with Gasteiger partial charge in [-0.3, -0.25) is 20.2 Å². The van der Waals surface area contributed by atoms with Gasteiger partial charge < -0.3 is 37.3 Å². The van der Waals surface area contributed by atoms with Gasteiger partial charge in [0.2, 0.25) is 0 Å². The van der Waals surface area contributed by atoms with E-state index >= 15 is 0 Å². The van der Waals surface area contributed by atoms with Crippen molar-refractivity contribution in [3.8, 4) is 0 Å². The zero-order chi connectivity index (χ0) is 51.8. The van der Waals surface area contributed by atoms with Crippen LogP contribution >= 0.6 is 34.8 Å². The Kier molecular flexibility index (Phi) is 17.3. The van der Waals surface area contributed by atoms with E-state index in [0.29, 0.717) is 47.1 Å². The van der Waals surface area contributed by atoms with Gasteiger partial charge in [0, 0.05) is 42.4 Å². The molecule has 2 aliphatic heterocycles. The second-order valence-electron chi connectivity index (χ2n) is 21.6. The van der Waals surface area contributed by atoms with Crippen LogP contribution in [0.5, 0.6) is 0 Å². The number of ether oxygens (including phenoxy) is 3. The van der Waals surface area contributed by atoms with Crippen LogP contribution in [-0.2, 0) is 35.5 Å². The minimum atomic E-state index is -2.02. The topological polar surface area (TPSA) is 214 Å². The Bertz CT molecular complexity index is 2640. The normalized spacial score (nSPS) is 21.7. The third-order valence-corrected chi connectivity index (χ3v) is 24.2. The second-order valence-corrected chi connectivity index (χ2v) is 32.1. The fraction of sp³-hybridized carbons (Fsp3) is 0.617. The number of aromatic nitrogens is 6. The van der Waals surface area contributed by atoms with E-state index in [9.17, 15) is 25.3 Å². The van der Waals surface area contributed by atoms with Crippen LogP contribution in [0.25, 0.3) is 22.1 Å². The van der Waals surface area contributed by atoms with Crippen molar-refractivity contribution in [3.05, 3.63) is 90.5 Å². The molecule has 1 unspecified atom stereocenters. The monoisotopic (exact) mass is 1060 g/mol. The van der Waals surface area contributed by atoms with E-state index in [2.05, 4.69) is 87.7 Å². The van der Waals surface area contributed by atoms with Crippen LogP contribution in [0, 0.1) is 32.1 Å². The van der Waals surface area contributed by atoms with E-state index in [1.165, 1.54) is 30.9 Å². The van der Waals surface area contributed by atoms with Crippen LogP contribution < -0.4 is 0 Å². The van der Waals surface area contributed by atoms with Crippen molar-refractivity contribution in [1.29, 1.82) is 0 Å². The lowest BCUT2D eigenvalue weighted by Crippen LogP contribution is -2.48. The van der Waals surface area contributed by atoms with Crippen molar-refractivity contribution in [2.24, 2.45) is 11.8 Å². The molecule has 2 aliphatic rings. The molecule has 6 heterocycles. The smallest absolute Gasteiger partial charge is 0.282 e. The third-order valence-electron chi connectivity index (χ3n) is 14.4. The number of alkyl halides is 1. The molecule has 2 fully saturated rings. The van der Waals surface area contributed by atoms with Crippen LogP contribution in [-0.4, -0.2) is 92.2 Å². The molecule has 0 spiro atoms. The molecule has 4 aromatic heterocycles. The van der Waals surface area contributed by atoms with Gasteiger partial charge in [-0.25, -0.2) is 19.9 Å². The molecule has 1 N–H and O–H groups in total. The molecule has 1 aromatic carbocycles. The van der Waals surface area contributed by atoms with Crippen molar-refractivity contribution >= 4 is 84.9 Å². The van der Waals surface area contributed by atoms with Gasteiger partial charge >= 0.3 is 0 Å². The van der Waals surface area contributed by atoms with Gasteiger partial charge in [-0.05, 0) is 66.2 Å². The summed E-state index contributed by atoms with van der Waals surface area (Å²) >= 11 is 19.0. The zero-order valence-electron chi connectivity index (χ0n) is 42.2. The van der Waals surface area contributed by atoms with E-state index in [1.54, 1.807) is 20.0 Å². The first-order chi connectivity index (χ1) is 32.6. The fourth-order valence-corrected chi connectivity index (χ4v) is 11.4. The van der Waals surface area contributed by atoms with Gasteiger partial charge in [0.1, 0.15) is 58.4 Å². The Labute approximate surface area is 426 Å². The summed E-state index contributed by atoms with van der Waals surface area (Å²) in [5.41, 5.74) is 1.90. The summed E-state index contributed by atoms with van der Waals surface area (Å²) in [7, 11) is -3.96. The maximum absolute atomic E-state index is 11.7. The van der Waals surface area contributed by atoms with Crippen molar-refractivity contribution in [3.63, 3.8) is 0 Å². The Morgan fingerprint density at radius 3 is 1.79 bits per heavy atom. The Morgan fingerprint density at radius 2 is 1.31 bits per heavy atom. The van der Waals surface area contributed by atoms with E-state index in [0.717, 1.165) is 16.6 Å². The number of hydrogen-bond donors (Lipinski definition) is 1. The van der Waals surface area contributed by atoms with Gasteiger partial charge in [-0.1, -0.05) is 85.5 Å². The number of hydrogen-bond acceptors (Lipinski definition) is 14. The molecule has 7 rings (SSSR count). The van der Waals surface area contributed by atoms with E-state index < -0.39 is 38.8 Å². The minimum absolute atomic E-state index is 0.0612. The summed E-state index contributed by atoms with van der Waals surface area (Å²) in [5, 5.41) is 35.1. The number of aliphatic hydroxyl groups is 1. The van der Waals surface area contributed by atoms with E-state index in [1.807, 2.05) is 22.3 Å². The summed E-state index contributed by atoms with van der Waals surface area (Å²) in [6.45, 7) is 28.6. The molecular formula is C47H67Cl3N8O10Si2. The zero-order valence-corrected chi connectivity index (χ0v) is 46.5. The lowest BCUT2D eigenvalue weighted by atomic mass is 9.95. The molecule has 18 nitrogen and oxygen atoms in total. The molecule has 0 bridgehead atoms. The lowest BCUT2D eigenvalue weighted by molar-refractivity contribution is -0.397. The third kappa shape index (κ3) is 11.7. The summed E-state index contributed by atoms with van der Waals surface area (Å²) in [6, 6.07) is 3.74. The van der Waals surface area contributed by atoms with Crippen molar-refractivity contribution < 1.29 is 38.0 Å². The largest absolute Gasteiger partial charge is 0.414 e. The van der Waals surface area contributed by atoms with Crippen LogP contribution in [0.4, 0.5) is 11.4 Å². The van der Waals surface area contributed by atoms with Gasteiger partial charge in [0.25, 0.3) is 11.4 Å². The van der Waals surface area contributed by atoms with Crippen molar-refractivity contribution in [1.82, 2.24) is 29.1 Å². The highest BCUT2D eigenvalue weighted by atomic mass is 35.5. The number of rotatable bonds is 16. The Hall–Kier alpha value is -3.68. The summed E-state index contributed by atoms with van der Waals surface area (Å²) < 4.78 is 36.1. The van der Waals surface area contributed by atoms with E-state index in [4.69, 9.17) is 57.9 Å². The Balaban J connectivity index is 0.000000230. The van der Waals surface area contributed by atoms with Crippen molar-refractivity contribution in [2.75, 3.05) is 13.2 Å². The maximum Gasteiger partial charge on any atom is 0.282 e. The summed E-state index contributed by atoms with van der Waals surface area (Å²) in [5.74, 6) is 0.124. The standard InChI is InChI=1S/C24H41Cl2N3O3Si2.C23H26ClN5O7/c1-23(2,3)33(7,8)30-14-18-17(32-34(9,10)24(4,5)6)11-19(31-18)29-13-16(12-25)20-21(26)27-15-28-22(20)29;1-12(2)21(20-15(28(31)32)5-4-6-16(20)29(33)34)35-10-14-8-27(18-7-13(3)17(9-30)36-18)23-19(14)22(24)25-11-26-23/h13,15,17-19H,11-12,14H2,1-10H3;4-6,8,11-13,17-18,21,30H,7,9-10H2,1-3H3/t17-,18-,19-;13-,17-,18-,21?/m11/s1. The molecule has 5 aromatic rings. The molecule has 7 atom stereocenters. The molecule has 23 heteroatoms. The molecule has 0 amide bonds. The van der Waals surface area contributed by atoms with Gasteiger partial charge in [0.05, 0.1) is 58.8 Å². The number of fused-ring (bicyclic) bond motifs is 2. The first kappa shape index (κ1) is 55.6. The highest BCUT2D eigenvalue weighted by Crippen LogP contribution is 2.45. The highest BCUT2D eigenvalue weighted by molar-refractivity contribution is 6.74. The van der Waals surface area contributed by atoms with Crippen molar-refractivity contribution in [2.45, 2.75) is 161 Å². The summed E-state index contributed by atoms with van der Waals surface area (Å²) in [4.78, 5) is 39.2. The number of nitro groups is 2. The van der Waals surface area contributed by atoms with Crippen LogP contribution in [0.1, 0.15) is 110 Å². The number of nitrogens with zero attached hydrogens (tertiary/aromatic N) is 8. The lowest BCUT2D eigenvalue weighted by Gasteiger charge is -2.40. The molecule has 0 aliphatic carbocycles. The first-order valence-electron chi connectivity index (χ1n) is 23.4. The summed E-state index contributed by atoms with van der Waals surface area (Å²) in [6.07, 6.45) is 5.81. The average molecular weight is 1070 g/mol. The number of halogens is 3. The SMILES string of the molecule is CC(C)(C)[Si](C)(C)OC[C@H]1O[C@@H](n2cc(CCl)c3c(Cl)ncnc32)C[C@H]1O[Si](C)(C)C(C)(C)C.CC(C)C(OCc1cn([C@H]2C[C@@H](C)[C@@H](CO)O2)c2ncnc(Cl)c12)c1c([N+](=O)[O-])cccc1[N+](=O)[O-]. The second kappa shape index (κ2) is 21.8. The fourth-order valence-electron chi connectivity index (χ4n) is 8.30. The molecule has 70 heavy (non-hydrogen) atoms. The van der Waals surface area contributed by atoms with E-state index in [-0.39, 0.29) is 81.8 Å². The molecule has 384 valence electrons. The molecule has 2 saturated heterocycles. The van der Waals surface area contributed by atoms with Crippen LogP contribution in [0.2, 0.25) is 46.6 Å². The van der Waals surface area contributed by atoms with Gasteiger partial charge in [-0.2, -0.15) is 0 Å². The quantitative estimate of drug-likeness (QED) is 0.0320. The number of benzene rings is 1. The predicted molar refractivity (Wildman–Crippen MR) is 275 cm³/mol. The number of nitro benzene ring substituents is 2. The van der Waals surface area contributed by atoms with Gasteiger partial charge in [0.15, 0.2) is 16.6 Å².